The number of carbonyl (C=O) groups is 1. The van der Waals surface area contributed by atoms with Gasteiger partial charge < -0.3 is 14.5 Å². The van der Waals surface area contributed by atoms with E-state index in [0.717, 1.165) is 11.4 Å². The van der Waals surface area contributed by atoms with Gasteiger partial charge in [-0.15, -0.1) is 6.58 Å². The Bertz CT molecular complexity index is 499. The third-order valence-corrected chi connectivity index (χ3v) is 3.48. The molecule has 0 N–H and O–H groups in total. The van der Waals surface area contributed by atoms with Gasteiger partial charge in [0, 0.05) is 26.2 Å². The number of likely N-dealkylation sites (N-methyl/N-ethyl adjacent to an activating group) is 2. The lowest BCUT2D eigenvalue weighted by Gasteiger charge is -2.34. The summed E-state index contributed by atoms with van der Waals surface area (Å²) in [5.74, 6) is 0.831. The van der Waals surface area contributed by atoms with Gasteiger partial charge in [0.25, 0.3) is 5.91 Å². The number of anilines is 1. The van der Waals surface area contributed by atoms with Crippen molar-refractivity contribution in [3.63, 3.8) is 0 Å². The molecule has 102 valence electrons. The second-order valence-electron chi connectivity index (χ2n) is 4.93. The number of carbonyl (C=O) groups excluding carboxylic acids is 1. The molecule has 2 rings (SSSR count). The Morgan fingerprint density at radius 1 is 1.63 bits per heavy atom. The molecule has 0 aromatic heterocycles. The van der Waals surface area contributed by atoms with Crippen molar-refractivity contribution in [2.75, 3.05) is 32.1 Å². The first-order valence-corrected chi connectivity index (χ1v) is 6.40. The summed E-state index contributed by atoms with van der Waals surface area (Å²) in [6.45, 7) is 6.96. The number of amides is 1. The Morgan fingerprint density at radius 2 is 2.37 bits per heavy atom. The van der Waals surface area contributed by atoms with E-state index in [9.17, 15) is 4.79 Å². The van der Waals surface area contributed by atoms with Gasteiger partial charge >= 0.3 is 0 Å². The largest absolute Gasteiger partial charge is 0.489 e. The van der Waals surface area contributed by atoms with Crippen LogP contribution >= 0.6 is 0 Å². The van der Waals surface area contributed by atoms with E-state index in [-0.39, 0.29) is 5.91 Å². The van der Waals surface area contributed by atoms with Gasteiger partial charge in [0.1, 0.15) is 12.4 Å². The molecule has 1 aliphatic rings. The maximum Gasteiger partial charge on any atom is 0.253 e. The van der Waals surface area contributed by atoms with Gasteiger partial charge in [-0.3, -0.25) is 4.79 Å². The highest BCUT2D eigenvalue weighted by atomic mass is 16.5. The van der Waals surface area contributed by atoms with Crippen molar-refractivity contribution in [1.82, 2.24) is 4.90 Å². The highest BCUT2D eigenvalue weighted by Gasteiger charge is 2.23. The fourth-order valence-electron chi connectivity index (χ4n) is 2.10. The van der Waals surface area contributed by atoms with Crippen molar-refractivity contribution in [2.45, 2.75) is 13.0 Å². The third kappa shape index (κ3) is 2.57. The number of fused-ring (bicyclic) bond motifs is 1. The zero-order valence-electron chi connectivity index (χ0n) is 11.7. The highest BCUT2D eigenvalue weighted by molar-refractivity contribution is 5.95. The summed E-state index contributed by atoms with van der Waals surface area (Å²) >= 11 is 0. The molecular formula is C15H20N2O2. The Hall–Kier alpha value is -1.97. The van der Waals surface area contributed by atoms with E-state index in [4.69, 9.17) is 4.74 Å². The molecule has 4 heteroatoms. The summed E-state index contributed by atoms with van der Waals surface area (Å²) in [5.41, 5.74) is 1.64. The van der Waals surface area contributed by atoms with Crippen LogP contribution in [0.25, 0.3) is 0 Å². The van der Waals surface area contributed by atoms with E-state index in [1.54, 1.807) is 18.0 Å². The quantitative estimate of drug-likeness (QED) is 0.781. The van der Waals surface area contributed by atoms with Crippen LogP contribution in [0.3, 0.4) is 0 Å². The molecule has 1 amide bonds. The van der Waals surface area contributed by atoms with Crippen LogP contribution in [0.5, 0.6) is 5.75 Å². The second kappa shape index (κ2) is 5.34. The molecule has 1 heterocycles. The lowest BCUT2D eigenvalue weighted by atomic mass is 10.1. The van der Waals surface area contributed by atoms with Gasteiger partial charge in [-0.2, -0.15) is 0 Å². The average Bonchev–Trinajstić information content (AvgIpc) is 2.42. The maximum absolute atomic E-state index is 12.2. The van der Waals surface area contributed by atoms with Crippen LogP contribution in [0.1, 0.15) is 17.3 Å². The predicted octanol–water partition coefficient (Wildman–Crippen LogP) is 2.16. The minimum absolute atomic E-state index is 0.00525. The smallest absolute Gasteiger partial charge is 0.253 e. The van der Waals surface area contributed by atoms with Crippen LogP contribution in [0.2, 0.25) is 0 Å². The molecule has 1 aromatic carbocycles. The normalized spacial score (nSPS) is 17.4. The summed E-state index contributed by atoms with van der Waals surface area (Å²) in [6.07, 6.45) is 1.72. The Kier molecular flexibility index (Phi) is 3.79. The minimum atomic E-state index is -0.00525. The molecule has 0 radical (unpaired) electrons. The van der Waals surface area contributed by atoms with Crippen molar-refractivity contribution >= 4 is 11.6 Å². The summed E-state index contributed by atoms with van der Waals surface area (Å²) in [6, 6.07) is 5.88. The molecular weight excluding hydrogens is 240 g/mol. The zero-order valence-corrected chi connectivity index (χ0v) is 11.7. The van der Waals surface area contributed by atoms with E-state index < -0.39 is 0 Å². The maximum atomic E-state index is 12.2. The molecule has 1 aliphatic heterocycles. The molecule has 0 saturated carbocycles. The van der Waals surface area contributed by atoms with Crippen molar-refractivity contribution in [2.24, 2.45) is 0 Å². The van der Waals surface area contributed by atoms with Crippen LogP contribution in [-0.2, 0) is 0 Å². The van der Waals surface area contributed by atoms with E-state index in [1.165, 1.54) is 0 Å². The first-order chi connectivity index (χ1) is 9.04. The van der Waals surface area contributed by atoms with Crippen LogP contribution in [0.15, 0.2) is 30.9 Å². The Morgan fingerprint density at radius 3 is 3.05 bits per heavy atom. The molecule has 4 nitrogen and oxygen atoms in total. The van der Waals surface area contributed by atoms with Gasteiger partial charge in [-0.05, 0) is 25.1 Å². The number of rotatable bonds is 3. The zero-order chi connectivity index (χ0) is 14.0. The molecule has 1 unspecified atom stereocenters. The molecule has 1 atom stereocenters. The van der Waals surface area contributed by atoms with Crippen molar-refractivity contribution in [1.29, 1.82) is 0 Å². The van der Waals surface area contributed by atoms with Crippen molar-refractivity contribution < 1.29 is 9.53 Å². The molecule has 0 aliphatic carbocycles. The number of benzene rings is 1. The van der Waals surface area contributed by atoms with Gasteiger partial charge in [-0.25, -0.2) is 0 Å². The van der Waals surface area contributed by atoms with E-state index in [1.807, 2.05) is 25.2 Å². The molecule has 0 bridgehead atoms. The van der Waals surface area contributed by atoms with Crippen LogP contribution in [0, 0.1) is 0 Å². The summed E-state index contributed by atoms with van der Waals surface area (Å²) in [4.78, 5) is 16.0. The predicted molar refractivity (Wildman–Crippen MR) is 77.0 cm³/mol. The second-order valence-corrected chi connectivity index (χ2v) is 4.93. The van der Waals surface area contributed by atoms with Crippen molar-refractivity contribution in [3.05, 3.63) is 36.4 Å². The number of hydrogen-bond donors (Lipinski definition) is 0. The first kappa shape index (κ1) is 13.5. The average molecular weight is 260 g/mol. The van der Waals surface area contributed by atoms with Crippen molar-refractivity contribution in [3.8, 4) is 5.75 Å². The van der Waals surface area contributed by atoms with Gasteiger partial charge in [-0.1, -0.05) is 6.08 Å². The lowest BCUT2D eigenvalue weighted by molar-refractivity contribution is 0.0810. The molecule has 19 heavy (non-hydrogen) atoms. The van der Waals surface area contributed by atoms with Crippen LogP contribution in [-0.4, -0.2) is 44.1 Å². The Labute approximate surface area is 114 Å². The summed E-state index contributed by atoms with van der Waals surface area (Å²) < 4.78 is 5.67. The number of ether oxygens (including phenoxy) is 1. The molecule has 0 fully saturated rings. The SMILES string of the molecule is C=CCN(C)C(=O)c1ccc2c(c1)N(C)C(C)CO2. The van der Waals surface area contributed by atoms with Gasteiger partial charge in [0.05, 0.1) is 11.7 Å². The number of hydrogen-bond acceptors (Lipinski definition) is 3. The Balaban J connectivity index is 2.30. The fraction of sp³-hybridized carbons (Fsp3) is 0.400. The van der Waals surface area contributed by atoms with Gasteiger partial charge in [0.2, 0.25) is 0 Å². The molecule has 0 spiro atoms. The van der Waals surface area contributed by atoms with Crippen LogP contribution in [0.4, 0.5) is 5.69 Å². The summed E-state index contributed by atoms with van der Waals surface area (Å²) in [7, 11) is 3.79. The lowest BCUT2D eigenvalue weighted by Crippen LogP contribution is -2.38. The number of nitrogens with zero attached hydrogens (tertiary/aromatic N) is 2. The summed E-state index contributed by atoms with van der Waals surface area (Å²) in [5, 5.41) is 0. The standard InChI is InChI=1S/C15H20N2O2/c1-5-8-16(3)15(18)12-6-7-14-13(9-12)17(4)11(2)10-19-14/h5-7,9,11H,1,8,10H2,2-4H3. The molecule has 1 aromatic rings. The minimum Gasteiger partial charge on any atom is -0.489 e. The monoisotopic (exact) mass is 260 g/mol. The van der Waals surface area contributed by atoms with E-state index in [2.05, 4.69) is 18.4 Å². The molecule has 0 saturated heterocycles. The first-order valence-electron chi connectivity index (χ1n) is 6.40. The van der Waals surface area contributed by atoms with Gasteiger partial charge in [0.15, 0.2) is 0 Å². The van der Waals surface area contributed by atoms with E-state index >= 15 is 0 Å². The highest BCUT2D eigenvalue weighted by Crippen LogP contribution is 2.33. The third-order valence-electron chi connectivity index (χ3n) is 3.48. The van der Waals surface area contributed by atoms with Crippen LogP contribution < -0.4 is 9.64 Å². The fourth-order valence-corrected chi connectivity index (χ4v) is 2.10. The topological polar surface area (TPSA) is 32.8 Å². The van der Waals surface area contributed by atoms with E-state index in [0.29, 0.717) is 24.8 Å².